The number of carbonyl (C=O) groups is 2. The van der Waals surface area contributed by atoms with Crippen LogP contribution in [0.1, 0.15) is 43.7 Å². The molecule has 0 radical (unpaired) electrons. The standard InChI is InChI=1S/C17H21FN2O2/c1-20-15(21)10-14(17(22)19-13-4-2-3-5-13)16(20)11-6-8-12(18)9-7-11/h6-9,13-14,16H,2-5,10H2,1H3,(H,19,22)/t14-,16-/m1/s1. The molecule has 1 N–H and O–H groups in total. The van der Waals surface area contributed by atoms with Crippen LogP contribution in [0.2, 0.25) is 0 Å². The van der Waals surface area contributed by atoms with E-state index < -0.39 is 5.92 Å². The molecule has 1 saturated heterocycles. The van der Waals surface area contributed by atoms with Crippen molar-refractivity contribution in [3.63, 3.8) is 0 Å². The summed E-state index contributed by atoms with van der Waals surface area (Å²) >= 11 is 0. The van der Waals surface area contributed by atoms with Gasteiger partial charge in [0.15, 0.2) is 0 Å². The molecule has 4 nitrogen and oxygen atoms in total. The van der Waals surface area contributed by atoms with E-state index in [1.54, 1.807) is 24.1 Å². The Bertz CT molecular complexity index is 567. The quantitative estimate of drug-likeness (QED) is 0.932. The molecule has 1 aromatic rings. The van der Waals surface area contributed by atoms with E-state index in [0.717, 1.165) is 31.2 Å². The van der Waals surface area contributed by atoms with Crippen LogP contribution in [0, 0.1) is 11.7 Å². The molecule has 118 valence electrons. The van der Waals surface area contributed by atoms with Crippen molar-refractivity contribution in [2.45, 2.75) is 44.2 Å². The summed E-state index contributed by atoms with van der Waals surface area (Å²) in [5.41, 5.74) is 0.807. The monoisotopic (exact) mass is 304 g/mol. The zero-order chi connectivity index (χ0) is 15.7. The van der Waals surface area contributed by atoms with Crippen molar-refractivity contribution < 1.29 is 14.0 Å². The molecule has 0 unspecified atom stereocenters. The first-order valence-electron chi connectivity index (χ1n) is 7.88. The maximum Gasteiger partial charge on any atom is 0.226 e. The Hall–Kier alpha value is -1.91. The van der Waals surface area contributed by atoms with E-state index in [1.165, 1.54) is 12.1 Å². The minimum Gasteiger partial charge on any atom is -0.353 e. The zero-order valence-corrected chi connectivity index (χ0v) is 12.7. The Labute approximate surface area is 129 Å². The Kier molecular flexibility index (Phi) is 4.14. The van der Waals surface area contributed by atoms with Crippen LogP contribution in [-0.2, 0) is 9.59 Å². The highest BCUT2D eigenvalue weighted by atomic mass is 19.1. The highest BCUT2D eigenvalue weighted by Crippen LogP contribution is 2.37. The van der Waals surface area contributed by atoms with Gasteiger partial charge in [-0.25, -0.2) is 4.39 Å². The molecule has 1 aliphatic heterocycles. The van der Waals surface area contributed by atoms with Crippen molar-refractivity contribution in [1.29, 1.82) is 0 Å². The van der Waals surface area contributed by atoms with Crippen LogP contribution in [0.3, 0.4) is 0 Å². The number of halogens is 1. The first kappa shape index (κ1) is 15.0. The minimum atomic E-state index is -0.399. The predicted molar refractivity (Wildman–Crippen MR) is 80.4 cm³/mol. The molecule has 1 heterocycles. The molecule has 22 heavy (non-hydrogen) atoms. The summed E-state index contributed by atoms with van der Waals surface area (Å²) in [5.74, 6) is -0.814. The lowest BCUT2D eigenvalue weighted by Gasteiger charge is -2.26. The molecular weight excluding hydrogens is 283 g/mol. The Morgan fingerprint density at radius 1 is 1.23 bits per heavy atom. The summed E-state index contributed by atoms with van der Waals surface area (Å²) in [6, 6.07) is 5.99. The third-order valence-electron chi connectivity index (χ3n) is 4.84. The van der Waals surface area contributed by atoms with Crippen molar-refractivity contribution in [1.82, 2.24) is 10.2 Å². The lowest BCUT2D eigenvalue weighted by Crippen LogP contribution is -2.39. The molecule has 3 rings (SSSR count). The van der Waals surface area contributed by atoms with Crippen LogP contribution in [-0.4, -0.2) is 29.8 Å². The number of rotatable bonds is 3. The van der Waals surface area contributed by atoms with Gasteiger partial charge in [0.1, 0.15) is 5.82 Å². The lowest BCUT2D eigenvalue weighted by atomic mass is 9.92. The van der Waals surface area contributed by atoms with Gasteiger partial charge >= 0.3 is 0 Å². The number of nitrogens with zero attached hydrogens (tertiary/aromatic N) is 1. The van der Waals surface area contributed by atoms with E-state index in [9.17, 15) is 14.0 Å². The summed E-state index contributed by atoms with van der Waals surface area (Å²) in [5, 5.41) is 3.08. The van der Waals surface area contributed by atoms with Crippen molar-refractivity contribution >= 4 is 11.8 Å². The van der Waals surface area contributed by atoms with Gasteiger partial charge in [0.25, 0.3) is 0 Å². The molecule has 0 bridgehead atoms. The van der Waals surface area contributed by atoms with Crippen LogP contribution < -0.4 is 5.32 Å². The third-order valence-corrected chi connectivity index (χ3v) is 4.84. The van der Waals surface area contributed by atoms with Crippen LogP contribution in [0.4, 0.5) is 4.39 Å². The molecule has 2 amide bonds. The molecule has 1 saturated carbocycles. The van der Waals surface area contributed by atoms with Gasteiger partial charge in [-0.1, -0.05) is 25.0 Å². The average Bonchev–Trinajstić information content (AvgIpc) is 3.10. The van der Waals surface area contributed by atoms with E-state index in [2.05, 4.69) is 5.32 Å². The summed E-state index contributed by atoms with van der Waals surface area (Å²) in [4.78, 5) is 26.2. The number of amides is 2. The predicted octanol–water partition coefficient (Wildman–Crippen LogP) is 2.40. The van der Waals surface area contributed by atoms with Gasteiger partial charge in [-0.2, -0.15) is 0 Å². The second kappa shape index (κ2) is 6.07. The molecule has 0 aromatic heterocycles. The highest BCUT2D eigenvalue weighted by molar-refractivity contribution is 5.90. The maximum absolute atomic E-state index is 13.1. The van der Waals surface area contributed by atoms with E-state index in [-0.39, 0.29) is 36.1 Å². The molecule has 5 heteroatoms. The number of hydrogen-bond donors (Lipinski definition) is 1. The first-order chi connectivity index (χ1) is 10.6. The molecule has 2 fully saturated rings. The Morgan fingerprint density at radius 3 is 2.50 bits per heavy atom. The second-order valence-electron chi connectivity index (χ2n) is 6.30. The molecule has 2 atom stereocenters. The normalized spacial score (nSPS) is 25.7. The van der Waals surface area contributed by atoms with Gasteiger partial charge in [0.05, 0.1) is 12.0 Å². The Morgan fingerprint density at radius 2 is 1.86 bits per heavy atom. The van der Waals surface area contributed by atoms with Crippen molar-refractivity contribution in [3.8, 4) is 0 Å². The van der Waals surface area contributed by atoms with Crippen LogP contribution in [0.15, 0.2) is 24.3 Å². The van der Waals surface area contributed by atoms with Crippen LogP contribution >= 0.6 is 0 Å². The Balaban J connectivity index is 1.79. The zero-order valence-electron chi connectivity index (χ0n) is 12.7. The van der Waals surface area contributed by atoms with Gasteiger partial charge in [0.2, 0.25) is 11.8 Å². The largest absolute Gasteiger partial charge is 0.353 e. The van der Waals surface area contributed by atoms with E-state index in [1.807, 2.05) is 0 Å². The topological polar surface area (TPSA) is 49.4 Å². The summed E-state index contributed by atoms with van der Waals surface area (Å²) in [7, 11) is 1.71. The number of carbonyl (C=O) groups excluding carboxylic acids is 2. The van der Waals surface area contributed by atoms with E-state index in [4.69, 9.17) is 0 Å². The minimum absolute atomic E-state index is 0.0408. The molecule has 0 spiro atoms. The summed E-state index contributed by atoms with van der Waals surface area (Å²) < 4.78 is 13.1. The average molecular weight is 304 g/mol. The summed E-state index contributed by atoms with van der Waals surface area (Å²) in [6.07, 6.45) is 4.55. The van der Waals surface area contributed by atoms with E-state index in [0.29, 0.717) is 0 Å². The molecule has 1 aromatic carbocycles. The SMILES string of the molecule is CN1C(=O)C[C@@H](C(=O)NC2CCCC2)[C@H]1c1ccc(F)cc1. The third kappa shape index (κ3) is 2.85. The molecule has 1 aliphatic carbocycles. The van der Waals surface area contributed by atoms with Gasteiger partial charge in [0, 0.05) is 19.5 Å². The van der Waals surface area contributed by atoms with Gasteiger partial charge < -0.3 is 10.2 Å². The van der Waals surface area contributed by atoms with Crippen molar-refractivity contribution in [3.05, 3.63) is 35.6 Å². The lowest BCUT2D eigenvalue weighted by molar-refractivity contribution is -0.128. The van der Waals surface area contributed by atoms with Gasteiger partial charge in [-0.15, -0.1) is 0 Å². The number of nitrogens with one attached hydrogen (secondary N) is 1. The van der Waals surface area contributed by atoms with Crippen LogP contribution in [0.5, 0.6) is 0 Å². The maximum atomic E-state index is 13.1. The first-order valence-corrected chi connectivity index (χ1v) is 7.88. The smallest absolute Gasteiger partial charge is 0.226 e. The second-order valence-corrected chi connectivity index (χ2v) is 6.30. The fourth-order valence-corrected chi connectivity index (χ4v) is 3.60. The fourth-order valence-electron chi connectivity index (χ4n) is 3.60. The van der Waals surface area contributed by atoms with Gasteiger partial charge in [-0.05, 0) is 30.5 Å². The van der Waals surface area contributed by atoms with Crippen LogP contribution in [0.25, 0.3) is 0 Å². The molecular formula is C17H21FN2O2. The van der Waals surface area contributed by atoms with Gasteiger partial charge in [-0.3, -0.25) is 9.59 Å². The number of hydrogen-bond acceptors (Lipinski definition) is 2. The van der Waals surface area contributed by atoms with E-state index >= 15 is 0 Å². The fraction of sp³-hybridized carbons (Fsp3) is 0.529. The molecule has 2 aliphatic rings. The summed E-state index contributed by atoms with van der Waals surface area (Å²) in [6.45, 7) is 0. The number of likely N-dealkylation sites (tertiary alicyclic amines) is 1. The van der Waals surface area contributed by atoms with Crippen molar-refractivity contribution in [2.24, 2.45) is 5.92 Å². The highest BCUT2D eigenvalue weighted by Gasteiger charge is 2.43. The number of benzene rings is 1. The van der Waals surface area contributed by atoms with Crippen molar-refractivity contribution in [2.75, 3.05) is 7.05 Å².